The maximum Gasteiger partial charge on any atom is 0.227 e. The summed E-state index contributed by atoms with van der Waals surface area (Å²) in [5.41, 5.74) is 0.775. The van der Waals surface area contributed by atoms with Crippen molar-refractivity contribution in [3.63, 3.8) is 0 Å². The van der Waals surface area contributed by atoms with Crippen molar-refractivity contribution in [3.8, 4) is 5.75 Å². The van der Waals surface area contributed by atoms with Crippen molar-refractivity contribution >= 4 is 11.6 Å². The Bertz CT molecular complexity index is 361. The molecule has 0 saturated carbocycles. The van der Waals surface area contributed by atoms with Crippen LogP contribution in [0.2, 0.25) is 0 Å². The van der Waals surface area contributed by atoms with Crippen LogP contribution in [0.25, 0.3) is 0 Å². The molecule has 0 aliphatic rings. The van der Waals surface area contributed by atoms with Gasteiger partial charge in [-0.05, 0) is 30.2 Å². The van der Waals surface area contributed by atoms with Crippen LogP contribution in [0.15, 0.2) is 24.3 Å². The highest BCUT2D eigenvalue weighted by atomic mass is 16.5. The van der Waals surface area contributed by atoms with Crippen LogP contribution in [0.5, 0.6) is 5.75 Å². The molecule has 0 aliphatic carbocycles. The Labute approximate surface area is 102 Å². The van der Waals surface area contributed by atoms with E-state index in [2.05, 4.69) is 0 Å². The number of aromatic hydroxyl groups is 1. The molecule has 1 aromatic rings. The molecule has 1 N–H and O–H groups in total. The minimum atomic E-state index is 0.0419. The average Bonchev–Trinajstić information content (AvgIpc) is 2.29. The molecular weight excluding hydrogens is 218 g/mol. The van der Waals surface area contributed by atoms with E-state index in [0.29, 0.717) is 13.0 Å². The predicted molar refractivity (Wildman–Crippen MR) is 67.2 cm³/mol. The van der Waals surface area contributed by atoms with Gasteiger partial charge >= 0.3 is 0 Å². The first-order valence-corrected chi connectivity index (χ1v) is 5.59. The van der Waals surface area contributed by atoms with E-state index in [1.54, 1.807) is 43.3 Å². The fourth-order valence-electron chi connectivity index (χ4n) is 1.60. The maximum absolute atomic E-state index is 11.9. The monoisotopic (exact) mass is 237 g/mol. The summed E-state index contributed by atoms with van der Waals surface area (Å²) >= 11 is 0. The molecule has 0 aliphatic heterocycles. The number of amides is 1. The lowest BCUT2D eigenvalue weighted by molar-refractivity contribution is -0.119. The molecule has 0 aromatic heterocycles. The predicted octanol–water partition coefficient (Wildman–Crippen LogP) is 2.03. The number of carbonyl (C=O) groups is 1. The van der Waals surface area contributed by atoms with Gasteiger partial charge in [0.15, 0.2) is 0 Å². The molecule has 94 valence electrons. The Hall–Kier alpha value is -1.55. The number of phenolic OH excluding ortho intramolecular Hbond substituents is 1. The minimum Gasteiger partial charge on any atom is -0.508 e. The maximum atomic E-state index is 11.9. The number of methoxy groups -OCH3 is 1. The molecular formula is C13H19NO3. The first kappa shape index (κ1) is 13.5. The van der Waals surface area contributed by atoms with Gasteiger partial charge in [0.25, 0.3) is 0 Å². The fourth-order valence-corrected chi connectivity index (χ4v) is 1.60. The van der Waals surface area contributed by atoms with E-state index in [0.717, 1.165) is 5.69 Å². The highest BCUT2D eigenvalue weighted by molar-refractivity contribution is 5.92. The van der Waals surface area contributed by atoms with Gasteiger partial charge in [0.05, 0.1) is 0 Å². The summed E-state index contributed by atoms with van der Waals surface area (Å²) in [4.78, 5) is 13.5. The molecule has 1 amide bonds. The van der Waals surface area contributed by atoms with Gasteiger partial charge in [0.2, 0.25) is 5.91 Å². The van der Waals surface area contributed by atoms with E-state index in [1.165, 1.54) is 0 Å². The van der Waals surface area contributed by atoms with E-state index in [9.17, 15) is 9.90 Å². The highest BCUT2D eigenvalue weighted by Gasteiger charge is 2.14. The standard InChI is InChI=1S/C13H19NO3/c1-10(9-17-3)8-13(16)14(2)11-4-6-12(15)7-5-11/h4-7,10,15H,8-9H2,1-3H3. The van der Waals surface area contributed by atoms with Gasteiger partial charge in [-0.2, -0.15) is 0 Å². The molecule has 0 spiro atoms. The smallest absolute Gasteiger partial charge is 0.227 e. The fraction of sp³-hybridized carbons (Fsp3) is 0.462. The van der Waals surface area contributed by atoms with Crippen LogP contribution < -0.4 is 4.90 Å². The third-order valence-corrected chi connectivity index (χ3v) is 2.59. The van der Waals surface area contributed by atoms with Crippen molar-refractivity contribution in [1.29, 1.82) is 0 Å². The number of rotatable bonds is 5. The van der Waals surface area contributed by atoms with Crippen LogP contribution in [0, 0.1) is 5.92 Å². The Morgan fingerprint density at radius 3 is 2.53 bits per heavy atom. The van der Waals surface area contributed by atoms with Crippen LogP contribution in [-0.4, -0.2) is 31.8 Å². The topological polar surface area (TPSA) is 49.8 Å². The van der Waals surface area contributed by atoms with E-state index in [4.69, 9.17) is 4.74 Å². The second-order valence-corrected chi connectivity index (χ2v) is 4.23. The number of phenols is 1. The van der Waals surface area contributed by atoms with Gasteiger partial charge in [-0.3, -0.25) is 4.79 Å². The average molecular weight is 237 g/mol. The summed E-state index contributed by atoms with van der Waals surface area (Å²) in [5, 5.41) is 9.17. The molecule has 1 rings (SSSR count). The summed E-state index contributed by atoms with van der Waals surface area (Å²) in [7, 11) is 3.36. The number of nitrogens with zero attached hydrogens (tertiary/aromatic N) is 1. The van der Waals surface area contributed by atoms with Crippen molar-refractivity contribution in [3.05, 3.63) is 24.3 Å². The molecule has 1 aromatic carbocycles. The number of carbonyl (C=O) groups excluding carboxylic acids is 1. The Morgan fingerprint density at radius 1 is 1.41 bits per heavy atom. The molecule has 0 fully saturated rings. The molecule has 17 heavy (non-hydrogen) atoms. The molecule has 0 radical (unpaired) electrons. The normalized spacial score (nSPS) is 12.2. The zero-order valence-electron chi connectivity index (χ0n) is 10.5. The third-order valence-electron chi connectivity index (χ3n) is 2.59. The lowest BCUT2D eigenvalue weighted by atomic mass is 10.1. The molecule has 1 atom stereocenters. The largest absolute Gasteiger partial charge is 0.508 e. The van der Waals surface area contributed by atoms with Crippen molar-refractivity contribution in [2.24, 2.45) is 5.92 Å². The van der Waals surface area contributed by atoms with E-state index in [-0.39, 0.29) is 17.6 Å². The van der Waals surface area contributed by atoms with Crippen molar-refractivity contribution in [2.75, 3.05) is 25.7 Å². The lowest BCUT2D eigenvalue weighted by Gasteiger charge is -2.19. The van der Waals surface area contributed by atoms with Crippen molar-refractivity contribution in [2.45, 2.75) is 13.3 Å². The van der Waals surface area contributed by atoms with Crippen LogP contribution >= 0.6 is 0 Å². The number of hydrogen-bond donors (Lipinski definition) is 1. The van der Waals surface area contributed by atoms with E-state index >= 15 is 0 Å². The van der Waals surface area contributed by atoms with Crippen LogP contribution in [-0.2, 0) is 9.53 Å². The summed E-state index contributed by atoms with van der Waals surface area (Å²) < 4.78 is 5.00. The number of ether oxygens (including phenoxy) is 1. The Kier molecular flexibility index (Phi) is 4.97. The first-order valence-electron chi connectivity index (χ1n) is 5.59. The lowest BCUT2D eigenvalue weighted by Crippen LogP contribution is -2.28. The van der Waals surface area contributed by atoms with E-state index < -0.39 is 0 Å². The second-order valence-electron chi connectivity index (χ2n) is 4.23. The van der Waals surface area contributed by atoms with Crippen molar-refractivity contribution in [1.82, 2.24) is 0 Å². The summed E-state index contributed by atoms with van der Waals surface area (Å²) in [6.45, 7) is 2.56. The van der Waals surface area contributed by atoms with Gasteiger partial charge in [-0.15, -0.1) is 0 Å². The number of benzene rings is 1. The van der Waals surface area contributed by atoms with Crippen LogP contribution in [0.4, 0.5) is 5.69 Å². The SMILES string of the molecule is COCC(C)CC(=O)N(C)c1ccc(O)cc1. The second kappa shape index (κ2) is 6.25. The third kappa shape index (κ3) is 4.07. The highest BCUT2D eigenvalue weighted by Crippen LogP contribution is 2.18. The Morgan fingerprint density at radius 2 is 2.00 bits per heavy atom. The Balaban J connectivity index is 2.60. The summed E-state index contributed by atoms with van der Waals surface area (Å²) in [6, 6.07) is 6.57. The minimum absolute atomic E-state index is 0.0419. The zero-order chi connectivity index (χ0) is 12.8. The molecule has 0 bridgehead atoms. The summed E-state index contributed by atoms with van der Waals surface area (Å²) in [5.74, 6) is 0.439. The number of hydrogen-bond acceptors (Lipinski definition) is 3. The van der Waals surface area contributed by atoms with Gasteiger partial charge in [0, 0.05) is 32.9 Å². The van der Waals surface area contributed by atoms with Crippen molar-refractivity contribution < 1.29 is 14.6 Å². The number of anilines is 1. The molecule has 0 heterocycles. The van der Waals surface area contributed by atoms with E-state index in [1.807, 2.05) is 6.92 Å². The molecule has 1 unspecified atom stereocenters. The zero-order valence-corrected chi connectivity index (χ0v) is 10.5. The molecule has 4 nitrogen and oxygen atoms in total. The van der Waals surface area contributed by atoms with Gasteiger partial charge in [-0.25, -0.2) is 0 Å². The van der Waals surface area contributed by atoms with Gasteiger partial charge < -0.3 is 14.7 Å². The first-order chi connectivity index (χ1) is 8.04. The van der Waals surface area contributed by atoms with Crippen LogP contribution in [0.3, 0.4) is 0 Å². The quantitative estimate of drug-likeness (QED) is 0.852. The van der Waals surface area contributed by atoms with Crippen LogP contribution in [0.1, 0.15) is 13.3 Å². The molecule has 4 heteroatoms. The molecule has 0 saturated heterocycles. The van der Waals surface area contributed by atoms with Gasteiger partial charge in [-0.1, -0.05) is 6.92 Å². The summed E-state index contributed by atoms with van der Waals surface area (Å²) in [6.07, 6.45) is 0.450. The van der Waals surface area contributed by atoms with Gasteiger partial charge in [0.1, 0.15) is 5.75 Å².